The summed E-state index contributed by atoms with van der Waals surface area (Å²) in [5.74, 6) is 1.38. The summed E-state index contributed by atoms with van der Waals surface area (Å²) < 4.78 is 2.30. The number of hydrogen-bond acceptors (Lipinski definition) is 0. The van der Waals surface area contributed by atoms with E-state index in [0.717, 1.165) is 6.42 Å². The average Bonchev–Trinajstić information content (AvgIpc) is 2.71. The van der Waals surface area contributed by atoms with Gasteiger partial charge >= 0.3 is 0 Å². The second-order valence-electron chi connectivity index (χ2n) is 9.10. The molecule has 2 atom stereocenters. The van der Waals surface area contributed by atoms with Crippen molar-refractivity contribution in [1.82, 2.24) is 0 Å². The quantitative estimate of drug-likeness (QED) is 0.626. The fraction of sp³-hybridized carbons (Fsp3) is 0.522. The first-order valence-electron chi connectivity index (χ1n) is 9.29. The van der Waals surface area contributed by atoms with E-state index in [4.69, 9.17) is 0 Å². The highest BCUT2D eigenvalue weighted by atomic mass is 14.9. The Kier molecular flexibility index (Phi) is 4.32. The van der Waals surface area contributed by atoms with Gasteiger partial charge in [-0.05, 0) is 65.8 Å². The second-order valence-corrected chi connectivity index (χ2v) is 9.10. The molecule has 1 aromatic heterocycles. The largest absolute Gasteiger partial charge is 0.212 e. The number of nitrogens with zero attached hydrogens (tertiary/aromatic N) is 1. The van der Waals surface area contributed by atoms with Gasteiger partial charge in [0.1, 0.15) is 7.05 Å². The Morgan fingerprint density at radius 1 is 1.04 bits per heavy atom. The number of aromatic nitrogens is 1. The number of aryl methyl sites for hydroxylation is 2. The third-order valence-electron chi connectivity index (χ3n) is 5.40. The molecule has 2 unspecified atom stereocenters. The van der Waals surface area contributed by atoms with Crippen molar-refractivity contribution in [1.29, 1.82) is 0 Å². The molecule has 1 nitrogen and oxygen atoms in total. The Bertz CT molecular complexity index is 764. The molecule has 0 saturated carbocycles. The molecule has 1 heterocycles. The van der Waals surface area contributed by atoms with E-state index >= 15 is 0 Å². The average molecular weight is 323 g/mol. The van der Waals surface area contributed by atoms with Gasteiger partial charge in [-0.25, -0.2) is 4.57 Å². The summed E-state index contributed by atoms with van der Waals surface area (Å²) in [6.45, 7) is 13.9. The number of benzene rings is 1. The fourth-order valence-corrected chi connectivity index (χ4v) is 4.32. The van der Waals surface area contributed by atoms with Gasteiger partial charge in [0.25, 0.3) is 0 Å². The van der Waals surface area contributed by atoms with Crippen LogP contribution in [0.3, 0.4) is 0 Å². The van der Waals surface area contributed by atoms with Gasteiger partial charge in [-0.1, -0.05) is 40.7 Å². The van der Waals surface area contributed by atoms with Crippen LogP contribution in [0.15, 0.2) is 30.5 Å². The van der Waals surface area contributed by atoms with E-state index in [-0.39, 0.29) is 0 Å². The normalized spacial score (nSPS) is 20.3. The zero-order valence-corrected chi connectivity index (χ0v) is 16.4. The van der Waals surface area contributed by atoms with Crippen molar-refractivity contribution in [2.75, 3.05) is 0 Å². The Labute approximate surface area is 147 Å². The van der Waals surface area contributed by atoms with Crippen molar-refractivity contribution in [2.24, 2.45) is 12.5 Å². The van der Waals surface area contributed by atoms with E-state index in [1.165, 1.54) is 28.8 Å². The fourth-order valence-electron chi connectivity index (χ4n) is 4.32. The Balaban J connectivity index is 2.02. The molecular formula is C23H32N+. The lowest BCUT2D eigenvalue weighted by molar-refractivity contribution is -0.660. The minimum absolute atomic E-state index is 0.323. The first-order valence-corrected chi connectivity index (χ1v) is 9.29. The molecule has 0 N–H and O–H groups in total. The van der Waals surface area contributed by atoms with E-state index in [0.29, 0.717) is 17.3 Å². The third kappa shape index (κ3) is 3.27. The second kappa shape index (κ2) is 6.02. The zero-order valence-electron chi connectivity index (χ0n) is 16.4. The van der Waals surface area contributed by atoms with Gasteiger partial charge < -0.3 is 0 Å². The summed E-state index contributed by atoms with van der Waals surface area (Å²) in [6, 6.07) is 9.50. The van der Waals surface area contributed by atoms with E-state index < -0.39 is 0 Å². The van der Waals surface area contributed by atoms with Gasteiger partial charge in [0.15, 0.2) is 6.20 Å². The molecule has 3 rings (SSSR count). The first kappa shape index (κ1) is 17.2. The van der Waals surface area contributed by atoms with Crippen molar-refractivity contribution in [3.8, 4) is 11.3 Å². The van der Waals surface area contributed by atoms with Crippen LogP contribution in [-0.4, -0.2) is 0 Å². The standard InChI is InChI=1S/C23H32N/c1-15-10-16(2)20-12-21(17(3)11-19(15)20)22-9-8-18(14-24(22)7)13-23(4,5)6/h8-9,11-12,14-16H,10,13H2,1-7H3/q+1. The third-order valence-corrected chi connectivity index (χ3v) is 5.40. The predicted octanol–water partition coefficient (Wildman–Crippen LogP) is 5.69. The Morgan fingerprint density at radius 2 is 1.67 bits per heavy atom. The van der Waals surface area contributed by atoms with Crippen molar-refractivity contribution in [3.63, 3.8) is 0 Å². The summed E-state index contributed by atoms with van der Waals surface area (Å²) in [6.07, 6.45) is 4.70. The van der Waals surface area contributed by atoms with Crippen molar-refractivity contribution >= 4 is 0 Å². The molecule has 0 radical (unpaired) electrons. The molecule has 0 saturated heterocycles. The van der Waals surface area contributed by atoms with Crippen LogP contribution in [0.2, 0.25) is 0 Å². The summed E-state index contributed by atoms with van der Waals surface area (Å²) in [5.41, 5.74) is 8.96. The zero-order chi connectivity index (χ0) is 17.6. The van der Waals surface area contributed by atoms with Gasteiger partial charge in [-0.3, -0.25) is 0 Å². The van der Waals surface area contributed by atoms with E-state index in [9.17, 15) is 0 Å². The lowest BCUT2D eigenvalue weighted by Crippen LogP contribution is -2.32. The van der Waals surface area contributed by atoms with Crippen LogP contribution in [0.1, 0.15) is 75.1 Å². The summed E-state index contributed by atoms with van der Waals surface area (Å²) in [7, 11) is 2.18. The molecular weight excluding hydrogens is 290 g/mol. The molecule has 24 heavy (non-hydrogen) atoms. The van der Waals surface area contributed by atoms with Crippen molar-refractivity contribution in [3.05, 3.63) is 52.7 Å². The summed E-state index contributed by atoms with van der Waals surface area (Å²) >= 11 is 0. The van der Waals surface area contributed by atoms with Gasteiger partial charge in [0, 0.05) is 17.2 Å². The maximum absolute atomic E-state index is 2.46. The Morgan fingerprint density at radius 3 is 2.25 bits per heavy atom. The van der Waals surface area contributed by atoms with Crippen molar-refractivity contribution in [2.45, 2.75) is 66.2 Å². The van der Waals surface area contributed by atoms with Crippen molar-refractivity contribution < 1.29 is 4.57 Å². The van der Waals surface area contributed by atoms with Crippen LogP contribution in [0.5, 0.6) is 0 Å². The molecule has 1 aromatic carbocycles. The lowest BCUT2D eigenvalue weighted by Gasteiger charge is -2.17. The Hall–Kier alpha value is -1.63. The topological polar surface area (TPSA) is 3.88 Å². The molecule has 0 bridgehead atoms. The number of pyridine rings is 1. The maximum Gasteiger partial charge on any atom is 0.212 e. The van der Waals surface area contributed by atoms with Gasteiger partial charge in [0.2, 0.25) is 5.69 Å². The highest BCUT2D eigenvalue weighted by molar-refractivity contribution is 5.65. The van der Waals surface area contributed by atoms with Crippen LogP contribution in [0.25, 0.3) is 11.3 Å². The highest BCUT2D eigenvalue weighted by Crippen LogP contribution is 2.43. The molecule has 128 valence electrons. The monoisotopic (exact) mass is 322 g/mol. The SMILES string of the molecule is Cc1cc2c(cc1-c1ccc(CC(C)(C)C)c[n+]1C)C(C)CC2C. The number of rotatable bonds is 2. The van der Waals surface area contributed by atoms with Gasteiger partial charge in [-0.2, -0.15) is 0 Å². The predicted molar refractivity (Wildman–Crippen MR) is 102 cm³/mol. The molecule has 2 aromatic rings. The van der Waals surface area contributed by atoms with Crippen LogP contribution in [0.4, 0.5) is 0 Å². The minimum Gasteiger partial charge on any atom is -0.201 e. The van der Waals surface area contributed by atoms with E-state index in [1.807, 2.05) is 0 Å². The molecule has 0 fully saturated rings. The van der Waals surface area contributed by atoms with E-state index in [1.54, 1.807) is 11.1 Å². The molecule has 1 heteroatoms. The lowest BCUT2D eigenvalue weighted by atomic mass is 9.88. The van der Waals surface area contributed by atoms with Crippen LogP contribution in [0, 0.1) is 12.3 Å². The van der Waals surface area contributed by atoms with Gasteiger partial charge in [-0.15, -0.1) is 0 Å². The molecule has 0 aliphatic heterocycles. The first-order chi connectivity index (χ1) is 11.2. The molecule has 0 amide bonds. The summed E-state index contributed by atoms with van der Waals surface area (Å²) in [4.78, 5) is 0. The van der Waals surface area contributed by atoms with Crippen LogP contribution >= 0.6 is 0 Å². The number of fused-ring (bicyclic) bond motifs is 1. The molecule has 0 spiro atoms. The molecule has 1 aliphatic rings. The van der Waals surface area contributed by atoms with Gasteiger partial charge in [0.05, 0.1) is 0 Å². The van der Waals surface area contributed by atoms with Crippen LogP contribution < -0.4 is 4.57 Å². The van der Waals surface area contributed by atoms with E-state index in [2.05, 4.69) is 83.6 Å². The summed E-state index contributed by atoms with van der Waals surface area (Å²) in [5, 5.41) is 0. The molecule has 1 aliphatic carbocycles. The smallest absolute Gasteiger partial charge is 0.201 e. The van der Waals surface area contributed by atoms with Crippen LogP contribution in [-0.2, 0) is 13.5 Å². The maximum atomic E-state index is 2.46. The number of hydrogen-bond donors (Lipinski definition) is 0. The minimum atomic E-state index is 0.323. The highest BCUT2D eigenvalue weighted by Gasteiger charge is 2.27.